The average molecular weight is 259 g/mol. The van der Waals surface area contributed by atoms with E-state index in [1.807, 2.05) is 0 Å². The van der Waals surface area contributed by atoms with Crippen molar-refractivity contribution in [2.24, 2.45) is 5.73 Å². The zero-order valence-electron chi connectivity index (χ0n) is 9.85. The molecule has 1 aromatic carbocycles. The molecule has 0 amide bonds. The predicted octanol–water partition coefficient (Wildman–Crippen LogP) is 1.81. The first-order valence-electron chi connectivity index (χ1n) is 5.81. The van der Waals surface area contributed by atoms with Crippen LogP contribution in [0.4, 0.5) is 18.9 Å². The molecule has 100 valence electrons. The summed E-state index contributed by atoms with van der Waals surface area (Å²) in [4.78, 5) is 0. The standard InChI is InChI=1S/C12H16F3N3/c13-12(14,15)9-1-3-10(4-2-9)18-11(7-16)5-6-17-8-11/h1-4,17-18H,5-8,16H2. The minimum Gasteiger partial charge on any atom is -0.377 e. The molecule has 0 aromatic heterocycles. The summed E-state index contributed by atoms with van der Waals surface area (Å²) in [5.74, 6) is 0. The van der Waals surface area contributed by atoms with Crippen molar-refractivity contribution in [3.05, 3.63) is 29.8 Å². The Morgan fingerprint density at radius 1 is 1.28 bits per heavy atom. The minimum atomic E-state index is -4.29. The van der Waals surface area contributed by atoms with Crippen molar-refractivity contribution in [3.8, 4) is 0 Å². The second kappa shape index (κ2) is 4.78. The average Bonchev–Trinajstić information content (AvgIpc) is 2.78. The number of nitrogens with two attached hydrogens (primary N) is 1. The number of rotatable bonds is 3. The number of nitrogens with one attached hydrogen (secondary N) is 2. The second-order valence-electron chi connectivity index (χ2n) is 4.61. The summed E-state index contributed by atoms with van der Waals surface area (Å²) in [6.45, 7) is 2.04. The molecule has 0 bridgehead atoms. The lowest BCUT2D eigenvalue weighted by Crippen LogP contribution is -2.47. The molecule has 1 aliphatic rings. The smallest absolute Gasteiger partial charge is 0.377 e. The molecule has 0 aliphatic carbocycles. The van der Waals surface area contributed by atoms with E-state index in [9.17, 15) is 13.2 Å². The Balaban J connectivity index is 2.11. The van der Waals surface area contributed by atoms with Gasteiger partial charge in [-0.15, -0.1) is 0 Å². The Morgan fingerprint density at radius 3 is 2.39 bits per heavy atom. The Bertz CT molecular complexity index is 394. The molecule has 4 N–H and O–H groups in total. The number of halogens is 3. The molecule has 6 heteroatoms. The highest BCUT2D eigenvalue weighted by Gasteiger charge is 2.33. The SMILES string of the molecule is NCC1(Nc2ccc(C(F)(F)F)cc2)CCNC1. The molecule has 2 rings (SSSR count). The van der Waals surface area contributed by atoms with E-state index in [0.29, 0.717) is 12.2 Å². The molecule has 1 saturated heterocycles. The number of hydrogen-bond acceptors (Lipinski definition) is 3. The first-order chi connectivity index (χ1) is 8.45. The Hall–Kier alpha value is -1.27. The minimum absolute atomic E-state index is 0.250. The van der Waals surface area contributed by atoms with Crippen LogP contribution in [0, 0.1) is 0 Å². The molecule has 18 heavy (non-hydrogen) atoms. The summed E-state index contributed by atoms with van der Waals surface area (Å²) >= 11 is 0. The van der Waals surface area contributed by atoms with Gasteiger partial charge in [-0.2, -0.15) is 13.2 Å². The monoisotopic (exact) mass is 259 g/mol. The van der Waals surface area contributed by atoms with E-state index in [-0.39, 0.29) is 5.54 Å². The Morgan fingerprint density at radius 2 is 1.94 bits per heavy atom. The third-order valence-electron chi connectivity index (χ3n) is 3.26. The molecular formula is C12H16F3N3. The van der Waals surface area contributed by atoms with Gasteiger partial charge in [0.05, 0.1) is 11.1 Å². The highest BCUT2D eigenvalue weighted by atomic mass is 19.4. The zero-order chi connectivity index (χ0) is 13.2. The van der Waals surface area contributed by atoms with Gasteiger partial charge in [-0.1, -0.05) is 0 Å². The normalized spacial score (nSPS) is 24.2. The quantitative estimate of drug-likeness (QED) is 0.776. The number of alkyl halides is 3. The van der Waals surface area contributed by atoms with E-state index >= 15 is 0 Å². The molecular weight excluding hydrogens is 243 g/mol. The van der Waals surface area contributed by atoms with Gasteiger partial charge in [0.2, 0.25) is 0 Å². The van der Waals surface area contributed by atoms with Crippen molar-refractivity contribution < 1.29 is 13.2 Å². The molecule has 1 aliphatic heterocycles. The first kappa shape index (κ1) is 13.2. The van der Waals surface area contributed by atoms with Crippen LogP contribution in [0.1, 0.15) is 12.0 Å². The van der Waals surface area contributed by atoms with Gasteiger partial charge < -0.3 is 16.4 Å². The molecule has 0 radical (unpaired) electrons. The largest absolute Gasteiger partial charge is 0.416 e. The van der Waals surface area contributed by atoms with Crippen molar-refractivity contribution in [1.82, 2.24) is 5.32 Å². The third kappa shape index (κ3) is 2.76. The molecule has 0 saturated carbocycles. The maximum Gasteiger partial charge on any atom is 0.416 e. The summed E-state index contributed by atoms with van der Waals surface area (Å²) < 4.78 is 37.2. The van der Waals surface area contributed by atoms with Crippen molar-refractivity contribution in [2.75, 3.05) is 25.0 Å². The number of hydrogen-bond donors (Lipinski definition) is 3. The van der Waals surface area contributed by atoms with Gasteiger partial charge in [0.1, 0.15) is 0 Å². The molecule has 1 fully saturated rings. The van der Waals surface area contributed by atoms with Gasteiger partial charge in [-0.25, -0.2) is 0 Å². The van der Waals surface area contributed by atoms with E-state index < -0.39 is 11.7 Å². The molecule has 0 spiro atoms. The molecule has 1 unspecified atom stereocenters. The summed E-state index contributed by atoms with van der Waals surface area (Å²) in [5, 5.41) is 6.43. The van der Waals surface area contributed by atoms with Crippen molar-refractivity contribution >= 4 is 5.69 Å². The van der Waals surface area contributed by atoms with Crippen molar-refractivity contribution in [1.29, 1.82) is 0 Å². The predicted molar refractivity (Wildman–Crippen MR) is 64.3 cm³/mol. The van der Waals surface area contributed by atoms with E-state index in [4.69, 9.17) is 5.73 Å². The van der Waals surface area contributed by atoms with Crippen molar-refractivity contribution in [2.45, 2.75) is 18.1 Å². The topological polar surface area (TPSA) is 50.1 Å². The highest BCUT2D eigenvalue weighted by molar-refractivity contribution is 5.48. The summed E-state index contributed by atoms with van der Waals surface area (Å²) in [6.07, 6.45) is -3.43. The van der Waals surface area contributed by atoms with Crippen LogP contribution < -0.4 is 16.4 Å². The molecule has 3 nitrogen and oxygen atoms in total. The van der Waals surface area contributed by atoms with Gasteiger partial charge in [-0.05, 0) is 37.2 Å². The molecule has 1 atom stereocenters. The summed E-state index contributed by atoms with van der Waals surface area (Å²) in [7, 11) is 0. The van der Waals surface area contributed by atoms with E-state index in [0.717, 1.165) is 31.6 Å². The summed E-state index contributed by atoms with van der Waals surface area (Å²) in [5.41, 5.74) is 5.51. The number of anilines is 1. The van der Waals surface area contributed by atoms with Gasteiger partial charge in [0, 0.05) is 18.8 Å². The van der Waals surface area contributed by atoms with Crippen molar-refractivity contribution in [3.63, 3.8) is 0 Å². The van der Waals surface area contributed by atoms with Gasteiger partial charge in [0.15, 0.2) is 0 Å². The fourth-order valence-corrected chi connectivity index (χ4v) is 2.12. The lowest BCUT2D eigenvalue weighted by molar-refractivity contribution is -0.137. The highest BCUT2D eigenvalue weighted by Crippen LogP contribution is 2.30. The lowest BCUT2D eigenvalue weighted by Gasteiger charge is -2.29. The van der Waals surface area contributed by atoms with E-state index in [2.05, 4.69) is 10.6 Å². The van der Waals surface area contributed by atoms with Crippen LogP contribution in [0.25, 0.3) is 0 Å². The van der Waals surface area contributed by atoms with Crippen LogP contribution in [0.15, 0.2) is 24.3 Å². The zero-order valence-corrected chi connectivity index (χ0v) is 9.85. The second-order valence-corrected chi connectivity index (χ2v) is 4.61. The maximum absolute atomic E-state index is 12.4. The fraction of sp³-hybridized carbons (Fsp3) is 0.500. The van der Waals surface area contributed by atoms with Gasteiger partial charge in [-0.3, -0.25) is 0 Å². The Labute approximate surface area is 104 Å². The van der Waals surface area contributed by atoms with Crippen LogP contribution in [0.2, 0.25) is 0 Å². The van der Waals surface area contributed by atoms with Crippen LogP contribution in [0.5, 0.6) is 0 Å². The van der Waals surface area contributed by atoms with Crippen LogP contribution in [-0.4, -0.2) is 25.2 Å². The molecule has 1 aromatic rings. The van der Waals surface area contributed by atoms with Crippen LogP contribution in [-0.2, 0) is 6.18 Å². The van der Waals surface area contributed by atoms with Gasteiger partial charge >= 0.3 is 6.18 Å². The lowest BCUT2D eigenvalue weighted by atomic mass is 9.98. The third-order valence-corrected chi connectivity index (χ3v) is 3.26. The summed E-state index contributed by atoms with van der Waals surface area (Å²) in [6, 6.07) is 5.04. The van der Waals surface area contributed by atoms with Crippen LogP contribution >= 0.6 is 0 Å². The van der Waals surface area contributed by atoms with E-state index in [1.54, 1.807) is 0 Å². The Kier molecular flexibility index (Phi) is 3.49. The van der Waals surface area contributed by atoms with Crippen LogP contribution in [0.3, 0.4) is 0 Å². The van der Waals surface area contributed by atoms with E-state index in [1.165, 1.54) is 12.1 Å². The number of benzene rings is 1. The molecule has 1 heterocycles. The maximum atomic E-state index is 12.4. The van der Waals surface area contributed by atoms with Gasteiger partial charge in [0.25, 0.3) is 0 Å². The first-order valence-corrected chi connectivity index (χ1v) is 5.81. The fourth-order valence-electron chi connectivity index (χ4n) is 2.12.